The maximum absolute atomic E-state index is 14.0. The van der Waals surface area contributed by atoms with Crippen LogP contribution in [0.4, 0.5) is 0 Å². The van der Waals surface area contributed by atoms with Crippen molar-refractivity contribution in [2.45, 2.75) is 26.5 Å². The molecule has 0 unspecified atom stereocenters. The number of hydrogen-bond donors (Lipinski definition) is 0. The van der Waals surface area contributed by atoms with Gasteiger partial charge in [-0.25, -0.2) is 9.79 Å². The van der Waals surface area contributed by atoms with Crippen molar-refractivity contribution < 1.29 is 23.7 Å². The third kappa shape index (κ3) is 6.52. The molecule has 1 aliphatic heterocycles. The second kappa shape index (κ2) is 14.0. The van der Waals surface area contributed by atoms with Crippen molar-refractivity contribution >= 4 is 57.4 Å². The van der Waals surface area contributed by atoms with Crippen LogP contribution in [0.5, 0.6) is 17.2 Å². The highest BCUT2D eigenvalue weighted by Gasteiger charge is 2.31. The maximum atomic E-state index is 14.0. The van der Waals surface area contributed by atoms with Gasteiger partial charge in [0.15, 0.2) is 22.0 Å². The van der Waals surface area contributed by atoms with Gasteiger partial charge in [-0.2, -0.15) is 0 Å². The normalized spacial score (nSPS) is 14.3. The molecule has 6 rings (SSSR count). The number of thiazole rings is 1. The third-order valence-corrected chi connectivity index (χ3v) is 9.14. The minimum Gasteiger partial charge on any atom is -0.490 e. The Morgan fingerprint density at radius 1 is 0.936 bits per heavy atom. The number of esters is 1. The van der Waals surface area contributed by atoms with Gasteiger partial charge >= 0.3 is 5.97 Å². The predicted octanol–water partition coefficient (Wildman–Crippen LogP) is 6.85. The fourth-order valence-electron chi connectivity index (χ4n) is 5.51. The molecule has 0 saturated heterocycles. The Kier molecular flexibility index (Phi) is 9.68. The Morgan fingerprint density at radius 2 is 1.66 bits per heavy atom. The van der Waals surface area contributed by atoms with E-state index in [1.165, 1.54) is 29.2 Å². The van der Waals surface area contributed by atoms with Gasteiger partial charge in [-0.1, -0.05) is 83.1 Å². The summed E-state index contributed by atoms with van der Waals surface area (Å²) in [5.74, 6) is 0.815. The van der Waals surface area contributed by atoms with Crippen molar-refractivity contribution in [3.63, 3.8) is 0 Å². The first-order chi connectivity index (χ1) is 22.8. The summed E-state index contributed by atoms with van der Waals surface area (Å²) in [7, 11) is 1.29. The molecule has 1 aromatic heterocycles. The maximum Gasteiger partial charge on any atom is 0.337 e. The Balaban J connectivity index is 1.36. The van der Waals surface area contributed by atoms with Crippen LogP contribution in [0.15, 0.2) is 94.4 Å². The van der Waals surface area contributed by atoms with E-state index in [2.05, 4.69) is 4.99 Å². The molecule has 47 heavy (non-hydrogen) atoms. The number of carbonyl (C=O) groups is 1. The zero-order chi connectivity index (χ0) is 33.1. The van der Waals surface area contributed by atoms with Crippen LogP contribution in [0, 0.1) is 0 Å². The van der Waals surface area contributed by atoms with E-state index in [9.17, 15) is 9.59 Å². The zero-order valence-corrected chi connectivity index (χ0v) is 28.1. The molecule has 4 aromatic carbocycles. The second-order valence-electron chi connectivity index (χ2n) is 10.5. The monoisotopic (exact) mass is 688 g/mol. The van der Waals surface area contributed by atoms with Crippen molar-refractivity contribution in [1.29, 1.82) is 0 Å². The van der Waals surface area contributed by atoms with Crippen LogP contribution < -0.4 is 29.1 Å². The molecule has 0 amide bonds. The summed E-state index contributed by atoms with van der Waals surface area (Å²) in [6.07, 6.45) is 3.14. The van der Waals surface area contributed by atoms with Gasteiger partial charge in [-0.3, -0.25) is 9.36 Å². The first-order valence-corrected chi connectivity index (χ1v) is 16.5. The molecule has 2 heterocycles. The van der Waals surface area contributed by atoms with Crippen LogP contribution >= 0.6 is 34.5 Å². The number of methoxy groups -OCH3 is 1. The molecule has 1 atom stereocenters. The summed E-state index contributed by atoms with van der Waals surface area (Å²) in [6, 6.07) is 22.0. The quantitative estimate of drug-likeness (QED) is 0.149. The highest BCUT2D eigenvalue weighted by molar-refractivity contribution is 7.07. The SMILES string of the molecule is CCOc1ccc([C@@H]2C(C(=O)OC)=CN=c3s/c(=C\c4cc(Cl)c(OCc5cccc6ccccc56)c(Cl)c4)c(=O)n32)cc1OCC. The first-order valence-electron chi connectivity index (χ1n) is 14.9. The van der Waals surface area contributed by atoms with E-state index in [0.717, 1.165) is 16.3 Å². The van der Waals surface area contributed by atoms with Gasteiger partial charge in [0.25, 0.3) is 5.56 Å². The second-order valence-corrected chi connectivity index (χ2v) is 12.3. The molecule has 5 aromatic rings. The summed E-state index contributed by atoms with van der Waals surface area (Å²) in [6.45, 7) is 4.88. The summed E-state index contributed by atoms with van der Waals surface area (Å²) in [5, 5.41) is 2.81. The number of rotatable bonds is 10. The van der Waals surface area contributed by atoms with E-state index in [4.69, 9.17) is 42.1 Å². The Morgan fingerprint density at radius 3 is 2.40 bits per heavy atom. The molecule has 0 spiro atoms. The van der Waals surface area contributed by atoms with Gasteiger partial charge in [0.05, 0.1) is 46.5 Å². The average Bonchev–Trinajstić information content (AvgIpc) is 3.39. The highest BCUT2D eigenvalue weighted by atomic mass is 35.5. The smallest absolute Gasteiger partial charge is 0.337 e. The summed E-state index contributed by atoms with van der Waals surface area (Å²) in [4.78, 5) is 31.8. The largest absolute Gasteiger partial charge is 0.490 e. The molecular weight excluding hydrogens is 659 g/mol. The van der Waals surface area contributed by atoms with E-state index in [0.29, 0.717) is 61.0 Å². The summed E-state index contributed by atoms with van der Waals surface area (Å²) in [5.41, 5.74) is 2.10. The molecule has 8 nitrogen and oxygen atoms in total. The van der Waals surface area contributed by atoms with Crippen LogP contribution in [-0.4, -0.2) is 30.9 Å². The molecular formula is C36H30Cl2N2O6S. The average molecular weight is 690 g/mol. The van der Waals surface area contributed by atoms with Crippen molar-refractivity contribution in [3.05, 3.63) is 131 Å². The third-order valence-electron chi connectivity index (χ3n) is 7.58. The lowest BCUT2D eigenvalue weighted by Crippen LogP contribution is -2.39. The van der Waals surface area contributed by atoms with Gasteiger partial charge in [-0.15, -0.1) is 0 Å². The molecule has 240 valence electrons. The van der Waals surface area contributed by atoms with E-state index < -0.39 is 12.0 Å². The van der Waals surface area contributed by atoms with Crippen molar-refractivity contribution in [2.24, 2.45) is 4.99 Å². The van der Waals surface area contributed by atoms with Crippen molar-refractivity contribution in [1.82, 2.24) is 4.57 Å². The summed E-state index contributed by atoms with van der Waals surface area (Å²) >= 11 is 14.5. The van der Waals surface area contributed by atoms with Gasteiger partial charge < -0.3 is 18.9 Å². The lowest BCUT2D eigenvalue weighted by molar-refractivity contribution is -0.136. The van der Waals surface area contributed by atoms with E-state index in [1.807, 2.05) is 56.3 Å². The van der Waals surface area contributed by atoms with Crippen LogP contribution in [0.2, 0.25) is 10.0 Å². The molecule has 0 radical (unpaired) electrons. The van der Waals surface area contributed by atoms with Gasteiger partial charge in [0.1, 0.15) is 6.61 Å². The van der Waals surface area contributed by atoms with Crippen LogP contribution in [-0.2, 0) is 16.1 Å². The number of hydrogen-bond acceptors (Lipinski definition) is 8. The zero-order valence-electron chi connectivity index (χ0n) is 25.8. The van der Waals surface area contributed by atoms with Gasteiger partial charge in [0, 0.05) is 6.20 Å². The van der Waals surface area contributed by atoms with Crippen LogP contribution in [0.25, 0.3) is 16.8 Å². The lowest BCUT2D eigenvalue weighted by Gasteiger charge is -2.23. The predicted molar refractivity (Wildman–Crippen MR) is 185 cm³/mol. The van der Waals surface area contributed by atoms with Crippen LogP contribution in [0.3, 0.4) is 0 Å². The first kappa shape index (κ1) is 32.4. The van der Waals surface area contributed by atoms with E-state index in [-0.39, 0.29) is 17.7 Å². The Hall–Kier alpha value is -4.57. The number of carbonyl (C=O) groups excluding carboxylic acids is 1. The van der Waals surface area contributed by atoms with Gasteiger partial charge in [0.2, 0.25) is 0 Å². The number of benzene rings is 4. The molecule has 0 aliphatic carbocycles. The molecule has 1 aliphatic rings. The van der Waals surface area contributed by atoms with Crippen molar-refractivity contribution in [2.75, 3.05) is 20.3 Å². The van der Waals surface area contributed by atoms with E-state index in [1.54, 1.807) is 36.4 Å². The molecule has 0 bridgehead atoms. The topological polar surface area (TPSA) is 88.4 Å². The van der Waals surface area contributed by atoms with E-state index >= 15 is 0 Å². The molecule has 0 fully saturated rings. The number of nitrogens with zero attached hydrogens (tertiary/aromatic N) is 2. The fourth-order valence-corrected chi connectivity index (χ4v) is 7.09. The Bertz CT molecular complexity index is 2180. The number of ether oxygens (including phenoxy) is 4. The van der Waals surface area contributed by atoms with Crippen molar-refractivity contribution in [3.8, 4) is 17.2 Å². The summed E-state index contributed by atoms with van der Waals surface area (Å²) < 4.78 is 24.6. The minimum atomic E-state index is -0.812. The molecule has 11 heteroatoms. The van der Waals surface area contributed by atoms with Crippen LogP contribution in [0.1, 0.15) is 36.6 Å². The fraction of sp³-hybridized carbons (Fsp3) is 0.194. The number of aromatic nitrogens is 1. The minimum absolute atomic E-state index is 0.205. The van der Waals surface area contributed by atoms with Gasteiger partial charge in [-0.05, 0) is 71.7 Å². The molecule has 0 N–H and O–H groups in total. The lowest BCUT2D eigenvalue weighted by atomic mass is 9.97. The Labute approximate surface area is 284 Å². The highest BCUT2D eigenvalue weighted by Crippen LogP contribution is 2.37. The standard InChI is InChI=1S/C36H30Cl2N2O6S/c1-4-44-29-14-13-23(18-30(29)45-5-2)32-26(35(42)43-3)19-39-36-40(32)34(41)31(47-36)17-21-15-27(37)33(28(38)16-21)46-20-24-11-8-10-22-9-6-7-12-25(22)24/h6-19,32H,4-5,20H2,1-3H3/b31-17-/t32-/m1/s1. The number of halogens is 2. The number of fused-ring (bicyclic) bond motifs is 2. The molecule has 0 saturated carbocycles.